The largest absolute Gasteiger partial charge is 0.508 e. The van der Waals surface area contributed by atoms with Crippen LogP contribution in [0, 0.1) is 0 Å². The SMILES string of the molecule is CCc1cc(C(=O)C(Br)CCOC(C)=O)ccc1O. The van der Waals surface area contributed by atoms with Crippen LogP contribution in [-0.2, 0) is 16.0 Å². The Kier molecular flexibility index (Phi) is 6.02. The lowest BCUT2D eigenvalue weighted by atomic mass is 10.0. The van der Waals surface area contributed by atoms with Crippen molar-refractivity contribution in [1.29, 1.82) is 0 Å². The molecule has 1 atom stereocenters. The van der Waals surface area contributed by atoms with Crippen LogP contribution in [0.15, 0.2) is 18.2 Å². The number of hydrogen-bond acceptors (Lipinski definition) is 4. The average molecular weight is 329 g/mol. The summed E-state index contributed by atoms with van der Waals surface area (Å²) >= 11 is 3.29. The number of phenolic OH excluding ortho intramolecular Hbond substituents is 1. The summed E-state index contributed by atoms with van der Waals surface area (Å²) in [4.78, 5) is 22.4. The molecule has 4 nitrogen and oxygen atoms in total. The van der Waals surface area contributed by atoms with Gasteiger partial charge in [0.2, 0.25) is 0 Å². The fourth-order valence-corrected chi connectivity index (χ4v) is 2.09. The third kappa shape index (κ3) is 4.67. The minimum Gasteiger partial charge on any atom is -0.508 e. The van der Waals surface area contributed by atoms with E-state index in [1.807, 2.05) is 6.92 Å². The summed E-state index contributed by atoms with van der Waals surface area (Å²) in [6, 6.07) is 4.81. The molecule has 0 bridgehead atoms. The zero-order valence-electron chi connectivity index (χ0n) is 11.0. The van der Waals surface area contributed by atoms with Gasteiger partial charge in [-0.25, -0.2) is 0 Å². The second-order valence-electron chi connectivity index (χ2n) is 4.16. The molecule has 104 valence electrons. The fourth-order valence-electron chi connectivity index (χ4n) is 1.64. The molecule has 0 spiro atoms. The molecule has 0 saturated carbocycles. The van der Waals surface area contributed by atoms with Gasteiger partial charge in [-0.1, -0.05) is 22.9 Å². The zero-order valence-corrected chi connectivity index (χ0v) is 12.6. The highest BCUT2D eigenvalue weighted by Crippen LogP contribution is 2.22. The molecule has 0 saturated heterocycles. The standard InChI is InChI=1S/C14H17BrO4/c1-3-10-8-11(4-5-13(10)17)14(18)12(15)6-7-19-9(2)16/h4-5,8,12,17H,3,6-7H2,1-2H3. The Morgan fingerprint density at radius 1 is 1.42 bits per heavy atom. The van der Waals surface area contributed by atoms with Crippen LogP contribution in [-0.4, -0.2) is 28.3 Å². The molecule has 0 aliphatic heterocycles. The Morgan fingerprint density at radius 2 is 2.11 bits per heavy atom. The summed E-state index contributed by atoms with van der Waals surface area (Å²) < 4.78 is 4.80. The Balaban J connectivity index is 2.68. The quantitative estimate of drug-likeness (QED) is 0.495. The molecule has 0 aromatic heterocycles. The van der Waals surface area contributed by atoms with Gasteiger partial charge in [0, 0.05) is 18.9 Å². The van der Waals surface area contributed by atoms with E-state index in [-0.39, 0.29) is 24.1 Å². The summed E-state index contributed by atoms with van der Waals surface area (Å²) in [6.07, 6.45) is 1.08. The van der Waals surface area contributed by atoms with Crippen molar-refractivity contribution in [3.63, 3.8) is 0 Å². The monoisotopic (exact) mass is 328 g/mol. The molecule has 19 heavy (non-hydrogen) atoms. The average Bonchev–Trinajstić information content (AvgIpc) is 2.38. The number of carbonyl (C=O) groups is 2. The second-order valence-corrected chi connectivity index (χ2v) is 5.26. The van der Waals surface area contributed by atoms with Crippen molar-refractivity contribution < 1.29 is 19.4 Å². The van der Waals surface area contributed by atoms with E-state index in [4.69, 9.17) is 4.74 Å². The molecular formula is C14H17BrO4. The number of halogens is 1. The van der Waals surface area contributed by atoms with E-state index in [1.54, 1.807) is 12.1 Å². The lowest BCUT2D eigenvalue weighted by Gasteiger charge is -2.10. The number of ether oxygens (including phenoxy) is 1. The van der Waals surface area contributed by atoms with E-state index in [1.165, 1.54) is 13.0 Å². The maximum absolute atomic E-state index is 12.1. The van der Waals surface area contributed by atoms with Crippen LogP contribution in [0.1, 0.15) is 36.2 Å². The van der Waals surface area contributed by atoms with Crippen molar-refractivity contribution in [2.24, 2.45) is 0 Å². The molecule has 1 rings (SSSR count). The van der Waals surface area contributed by atoms with Crippen molar-refractivity contribution >= 4 is 27.7 Å². The van der Waals surface area contributed by atoms with E-state index in [2.05, 4.69) is 15.9 Å². The Labute approximate surface area is 120 Å². The molecule has 5 heteroatoms. The molecule has 0 heterocycles. The van der Waals surface area contributed by atoms with Crippen LogP contribution in [0.5, 0.6) is 5.75 Å². The van der Waals surface area contributed by atoms with Gasteiger partial charge in [0.15, 0.2) is 5.78 Å². The number of phenols is 1. The Morgan fingerprint density at radius 3 is 2.68 bits per heavy atom. The Hall–Kier alpha value is -1.36. The summed E-state index contributed by atoms with van der Waals surface area (Å²) in [6.45, 7) is 3.45. The van der Waals surface area contributed by atoms with Crippen molar-refractivity contribution in [3.05, 3.63) is 29.3 Å². The molecule has 0 radical (unpaired) electrons. The number of benzene rings is 1. The van der Waals surface area contributed by atoms with Crippen molar-refractivity contribution in [2.45, 2.75) is 31.5 Å². The molecule has 1 aromatic rings. The van der Waals surface area contributed by atoms with Crippen LogP contribution in [0.4, 0.5) is 0 Å². The number of alkyl halides is 1. The van der Waals surface area contributed by atoms with E-state index in [9.17, 15) is 14.7 Å². The molecular weight excluding hydrogens is 312 g/mol. The number of aromatic hydroxyl groups is 1. The minimum absolute atomic E-state index is 0.0816. The van der Waals surface area contributed by atoms with Gasteiger partial charge in [0.25, 0.3) is 0 Å². The lowest BCUT2D eigenvalue weighted by molar-refractivity contribution is -0.140. The molecule has 1 aromatic carbocycles. The first-order valence-corrected chi connectivity index (χ1v) is 7.00. The summed E-state index contributed by atoms with van der Waals surface area (Å²) in [5, 5.41) is 9.58. The summed E-state index contributed by atoms with van der Waals surface area (Å²) in [5.74, 6) is -0.239. The number of rotatable bonds is 6. The highest BCUT2D eigenvalue weighted by Gasteiger charge is 2.18. The van der Waals surface area contributed by atoms with Gasteiger partial charge in [0.1, 0.15) is 5.75 Å². The normalized spacial score (nSPS) is 11.9. The van der Waals surface area contributed by atoms with Crippen molar-refractivity contribution in [3.8, 4) is 5.75 Å². The number of hydrogen-bond donors (Lipinski definition) is 1. The zero-order chi connectivity index (χ0) is 14.4. The summed E-state index contributed by atoms with van der Waals surface area (Å²) in [7, 11) is 0. The molecule has 0 amide bonds. The summed E-state index contributed by atoms with van der Waals surface area (Å²) in [5.41, 5.74) is 1.28. The fraction of sp³-hybridized carbons (Fsp3) is 0.429. The van der Waals surface area contributed by atoms with Gasteiger partial charge in [0.05, 0.1) is 11.4 Å². The smallest absolute Gasteiger partial charge is 0.302 e. The van der Waals surface area contributed by atoms with Gasteiger partial charge < -0.3 is 9.84 Å². The first-order valence-electron chi connectivity index (χ1n) is 6.09. The topological polar surface area (TPSA) is 63.6 Å². The maximum Gasteiger partial charge on any atom is 0.302 e. The van der Waals surface area contributed by atoms with E-state index in [0.717, 1.165) is 5.56 Å². The van der Waals surface area contributed by atoms with E-state index < -0.39 is 4.83 Å². The van der Waals surface area contributed by atoms with Crippen LogP contribution < -0.4 is 0 Å². The predicted molar refractivity (Wildman–Crippen MR) is 75.8 cm³/mol. The maximum atomic E-state index is 12.1. The van der Waals surface area contributed by atoms with Gasteiger partial charge in [-0.05, 0) is 30.2 Å². The van der Waals surface area contributed by atoms with Gasteiger partial charge in [-0.2, -0.15) is 0 Å². The van der Waals surface area contributed by atoms with E-state index >= 15 is 0 Å². The van der Waals surface area contributed by atoms with Crippen LogP contribution in [0.25, 0.3) is 0 Å². The van der Waals surface area contributed by atoms with Crippen molar-refractivity contribution in [1.82, 2.24) is 0 Å². The Bertz CT molecular complexity index is 471. The number of aryl methyl sites for hydroxylation is 1. The van der Waals surface area contributed by atoms with Crippen molar-refractivity contribution in [2.75, 3.05) is 6.61 Å². The number of Topliss-reactive ketones (excluding diaryl/α,β-unsaturated/α-hetero) is 1. The second kappa shape index (κ2) is 7.28. The molecule has 0 fully saturated rings. The van der Waals surface area contributed by atoms with Gasteiger partial charge in [-0.15, -0.1) is 0 Å². The third-order valence-electron chi connectivity index (χ3n) is 2.71. The number of ketones is 1. The van der Waals surface area contributed by atoms with Gasteiger partial charge in [-0.3, -0.25) is 9.59 Å². The highest BCUT2D eigenvalue weighted by atomic mass is 79.9. The number of esters is 1. The minimum atomic E-state index is -0.402. The first kappa shape index (κ1) is 15.7. The number of carbonyl (C=O) groups excluding carboxylic acids is 2. The predicted octanol–water partition coefficient (Wildman–Crippen LogP) is 2.85. The van der Waals surface area contributed by atoms with Crippen LogP contribution in [0.3, 0.4) is 0 Å². The molecule has 0 aliphatic carbocycles. The molecule has 1 N–H and O–H groups in total. The van der Waals surface area contributed by atoms with E-state index in [0.29, 0.717) is 18.4 Å². The molecule has 0 aliphatic rings. The van der Waals surface area contributed by atoms with Crippen LogP contribution >= 0.6 is 15.9 Å². The first-order chi connectivity index (χ1) is 8.95. The van der Waals surface area contributed by atoms with Crippen LogP contribution in [0.2, 0.25) is 0 Å². The highest BCUT2D eigenvalue weighted by molar-refractivity contribution is 9.10. The van der Waals surface area contributed by atoms with Gasteiger partial charge >= 0.3 is 5.97 Å². The molecule has 1 unspecified atom stereocenters. The third-order valence-corrected chi connectivity index (χ3v) is 3.58. The lowest BCUT2D eigenvalue weighted by Crippen LogP contribution is -2.17.